The molecule has 6 heteroatoms. The lowest BCUT2D eigenvalue weighted by molar-refractivity contribution is -0.160. The number of hydrogen-bond acceptors (Lipinski definition) is 5. The number of hydrogen-bond donors (Lipinski definition) is 0. The van der Waals surface area contributed by atoms with Crippen molar-refractivity contribution in [2.45, 2.75) is 18.7 Å². The van der Waals surface area contributed by atoms with Gasteiger partial charge in [0.25, 0.3) is 5.91 Å². The first-order valence-corrected chi connectivity index (χ1v) is 8.53. The van der Waals surface area contributed by atoms with Crippen molar-refractivity contribution in [2.75, 3.05) is 14.2 Å². The van der Waals surface area contributed by atoms with Crippen molar-refractivity contribution in [1.82, 2.24) is 4.90 Å². The van der Waals surface area contributed by atoms with E-state index in [4.69, 9.17) is 9.47 Å². The molecule has 0 saturated carbocycles. The molecule has 1 aliphatic rings. The molecule has 0 spiro atoms. The number of methoxy groups -OCH3 is 2. The minimum atomic E-state index is -0.692. The lowest BCUT2D eigenvalue weighted by Crippen LogP contribution is -2.65. The molecular weight excluding hydrogens is 346 g/mol. The number of β-lactam (4-membered cyclic amide) rings is 1. The van der Waals surface area contributed by atoms with Gasteiger partial charge in [0.15, 0.2) is 0 Å². The summed E-state index contributed by atoms with van der Waals surface area (Å²) in [6, 6.07) is 16.3. The lowest BCUT2D eigenvalue weighted by atomic mass is 9.96. The lowest BCUT2D eigenvalue weighted by Gasteiger charge is -2.45. The molecule has 3 rings (SSSR count). The molecule has 0 radical (unpaired) electrons. The third kappa shape index (κ3) is 4.28. The van der Waals surface area contributed by atoms with Crippen LogP contribution in [0.5, 0.6) is 11.5 Å². The van der Waals surface area contributed by atoms with Crippen molar-refractivity contribution in [3.8, 4) is 11.5 Å². The van der Waals surface area contributed by atoms with E-state index in [0.29, 0.717) is 18.0 Å². The Labute approximate surface area is 158 Å². The highest BCUT2D eigenvalue weighted by atomic mass is 16.5. The standard InChI is InChI=1S/C21H21NO5/c1-25-16-8-10-17(11-9-16)27-20-18(12-13-19(23)26-2)22(21(20)24)14-15-6-4-3-5-7-15/h3-13,18,20H,14H2,1-2H3/b13-12+/t18-,20-/m1/s1. The summed E-state index contributed by atoms with van der Waals surface area (Å²) in [7, 11) is 2.89. The number of carbonyl (C=O) groups is 2. The molecule has 0 N–H and O–H groups in total. The monoisotopic (exact) mass is 367 g/mol. The number of carbonyl (C=O) groups excluding carboxylic acids is 2. The van der Waals surface area contributed by atoms with E-state index in [0.717, 1.165) is 5.56 Å². The minimum Gasteiger partial charge on any atom is -0.497 e. The number of ether oxygens (including phenoxy) is 3. The molecule has 0 aliphatic carbocycles. The van der Waals surface area contributed by atoms with Crippen LogP contribution in [0.3, 0.4) is 0 Å². The molecule has 2 aromatic rings. The Bertz CT molecular complexity index is 816. The Kier molecular flexibility index (Phi) is 5.76. The zero-order valence-electron chi connectivity index (χ0n) is 15.2. The molecule has 1 saturated heterocycles. The normalized spacial score (nSPS) is 18.9. The number of benzene rings is 2. The molecule has 2 aromatic carbocycles. The van der Waals surface area contributed by atoms with E-state index in [1.54, 1.807) is 42.4 Å². The second-order valence-electron chi connectivity index (χ2n) is 6.04. The molecule has 1 heterocycles. The number of nitrogens with zero attached hydrogens (tertiary/aromatic N) is 1. The van der Waals surface area contributed by atoms with Crippen LogP contribution < -0.4 is 9.47 Å². The molecule has 6 nitrogen and oxygen atoms in total. The molecule has 1 fully saturated rings. The van der Waals surface area contributed by atoms with E-state index in [2.05, 4.69) is 4.74 Å². The quantitative estimate of drug-likeness (QED) is 0.428. The number of amides is 1. The van der Waals surface area contributed by atoms with E-state index in [1.165, 1.54) is 13.2 Å². The first-order valence-electron chi connectivity index (χ1n) is 8.53. The van der Waals surface area contributed by atoms with E-state index >= 15 is 0 Å². The summed E-state index contributed by atoms with van der Waals surface area (Å²) in [5.41, 5.74) is 1.00. The van der Waals surface area contributed by atoms with Gasteiger partial charge in [-0.05, 0) is 29.8 Å². The van der Waals surface area contributed by atoms with Gasteiger partial charge in [-0.1, -0.05) is 36.4 Å². The SMILES string of the molecule is COC(=O)/C=C/[C@@H]1[C@@H](Oc2ccc(OC)cc2)C(=O)N1Cc1ccccc1. The Balaban J connectivity index is 1.75. The second-order valence-corrected chi connectivity index (χ2v) is 6.04. The fourth-order valence-electron chi connectivity index (χ4n) is 2.87. The van der Waals surface area contributed by atoms with Gasteiger partial charge in [0.1, 0.15) is 11.5 Å². The van der Waals surface area contributed by atoms with Crippen LogP contribution in [0.15, 0.2) is 66.7 Å². The third-order valence-electron chi connectivity index (χ3n) is 4.35. The molecule has 1 amide bonds. The van der Waals surface area contributed by atoms with Gasteiger partial charge in [-0.3, -0.25) is 4.79 Å². The van der Waals surface area contributed by atoms with Crippen LogP contribution in [-0.4, -0.2) is 43.1 Å². The molecule has 0 unspecified atom stereocenters. The van der Waals surface area contributed by atoms with Crippen LogP contribution in [0, 0.1) is 0 Å². The predicted octanol–water partition coefficient (Wildman–Crippen LogP) is 2.58. The highest BCUT2D eigenvalue weighted by Crippen LogP contribution is 2.29. The summed E-state index contributed by atoms with van der Waals surface area (Å²) in [6.07, 6.45) is 2.27. The van der Waals surface area contributed by atoms with Crippen LogP contribution in [0.4, 0.5) is 0 Å². The van der Waals surface area contributed by atoms with E-state index < -0.39 is 12.1 Å². The summed E-state index contributed by atoms with van der Waals surface area (Å²) >= 11 is 0. The minimum absolute atomic E-state index is 0.130. The van der Waals surface area contributed by atoms with Gasteiger partial charge in [0, 0.05) is 12.6 Å². The number of likely N-dealkylation sites (tertiary alicyclic amines) is 1. The Morgan fingerprint density at radius 1 is 1.04 bits per heavy atom. The van der Waals surface area contributed by atoms with Gasteiger partial charge < -0.3 is 19.1 Å². The van der Waals surface area contributed by atoms with Crippen LogP contribution in [0.25, 0.3) is 0 Å². The molecule has 2 atom stereocenters. The van der Waals surface area contributed by atoms with Gasteiger partial charge >= 0.3 is 5.97 Å². The molecule has 1 aliphatic heterocycles. The van der Waals surface area contributed by atoms with Gasteiger partial charge in [-0.25, -0.2) is 4.79 Å². The van der Waals surface area contributed by atoms with Gasteiger partial charge in [-0.15, -0.1) is 0 Å². The first kappa shape index (κ1) is 18.5. The van der Waals surface area contributed by atoms with Crippen molar-refractivity contribution in [3.63, 3.8) is 0 Å². The highest BCUT2D eigenvalue weighted by Gasteiger charge is 2.47. The van der Waals surface area contributed by atoms with E-state index in [-0.39, 0.29) is 11.9 Å². The summed E-state index contributed by atoms with van der Waals surface area (Å²) < 4.78 is 15.6. The average molecular weight is 367 g/mol. The summed E-state index contributed by atoms with van der Waals surface area (Å²) in [6.45, 7) is 0.443. The van der Waals surface area contributed by atoms with Crippen LogP contribution in [-0.2, 0) is 20.9 Å². The molecule has 0 aromatic heterocycles. The van der Waals surface area contributed by atoms with Gasteiger partial charge in [-0.2, -0.15) is 0 Å². The maximum absolute atomic E-state index is 12.6. The Morgan fingerprint density at radius 3 is 2.33 bits per heavy atom. The fourth-order valence-corrected chi connectivity index (χ4v) is 2.87. The van der Waals surface area contributed by atoms with Crippen LogP contribution in [0.1, 0.15) is 5.56 Å². The largest absolute Gasteiger partial charge is 0.497 e. The number of esters is 1. The van der Waals surface area contributed by atoms with Crippen LogP contribution >= 0.6 is 0 Å². The first-order chi connectivity index (χ1) is 13.1. The van der Waals surface area contributed by atoms with Crippen molar-refractivity contribution < 1.29 is 23.8 Å². The van der Waals surface area contributed by atoms with Gasteiger partial charge in [0.05, 0.1) is 20.3 Å². The predicted molar refractivity (Wildman–Crippen MR) is 99.3 cm³/mol. The molecule has 140 valence electrons. The summed E-state index contributed by atoms with van der Waals surface area (Å²) in [4.78, 5) is 25.8. The molecule has 0 bridgehead atoms. The van der Waals surface area contributed by atoms with Crippen molar-refractivity contribution >= 4 is 11.9 Å². The van der Waals surface area contributed by atoms with Crippen molar-refractivity contribution in [1.29, 1.82) is 0 Å². The zero-order valence-corrected chi connectivity index (χ0v) is 15.2. The van der Waals surface area contributed by atoms with Crippen molar-refractivity contribution in [3.05, 3.63) is 72.3 Å². The maximum Gasteiger partial charge on any atom is 0.330 e. The van der Waals surface area contributed by atoms with Crippen LogP contribution in [0.2, 0.25) is 0 Å². The summed E-state index contributed by atoms with van der Waals surface area (Å²) in [5.74, 6) is 0.659. The average Bonchev–Trinajstić information content (AvgIpc) is 2.72. The Hall–Kier alpha value is -3.28. The highest BCUT2D eigenvalue weighted by molar-refractivity contribution is 5.90. The molecular formula is C21H21NO5. The van der Waals surface area contributed by atoms with E-state index in [1.807, 2.05) is 30.3 Å². The van der Waals surface area contributed by atoms with Gasteiger partial charge in [0.2, 0.25) is 6.10 Å². The smallest absolute Gasteiger partial charge is 0.330 e. The topological polar surface area (TPSA) is 65.1 Å². The van der Waals surface area contributed by atoms with E-state index in [9.17, 15) is 9.59 Å². The second kappa shape index (κ2) is 8.40. The number of rotatable bonds is 7. The maximum atomic E-state index is 12.6. The fraction of sp³-hybridized carbons (Fsp3) is 0.238. The summed E-state index contributed by atoms with van der Waals surface area (Å²) in [5, 5.41) is 0. The Morgan fingerprint density at radius 2 is 1.70 bits per heavy atom. The van der Waals surface area contributed by atoms with Crippen molar-refractivity contribution in [2.24, 2.45) is 0 Å². The zero-order chi connectivity index (χ0) is 19.2. The molecule has 27 heavy (non-hydrogen) atoms. The third-order valence-corrected chi connectivity index (χ3v) is 4.35.